The second-order valence-electron chi connectivity index (χ2n) is 5.01. The van der Waals surface area contributed by atoms with Gasteiger partial charge < -0.3 is 14.4 Å². The number of benzene rings is 1. The molecular weight excluding hydrogens is 308 g/mol. The highest BCUT2D eigenvalue weighted by Gasteiger charge is 2.21. The summed E-state index contributed by atoms with van der Waals surface area (Å²) in [6, 6.07) is 4.78. The predicted molar refractivity (Wildman–Crippen MR) is 76.8 cm³/mol. The van der Waals surface area contributed by atoms with Crippen molar-refractivity contribution in [1.29, 1.82) is 0 Å². The fraction of sp³-hybridized carbons (Fsp3) is 0.250. The van der Waals surface area contributed by atoms with Crippen LogP contribution >= 0.6 is 0 Å². The number of furan rings is 1. The molecule has 2 aromatic rings. The average molecular weight is 323 g/mol. The zero-order valence-corrected chi connectivity index (χ0v) is 12.4. The summed E-state index contributed by atoms with van der Waals surface area (Å²) in [6.07, 6.45) is 1.10. The Balaban J connectivity index is 2.22. The van der Waals surface area contributed by atoms with Gasteiger partial charge in [0.05, 0.1) is 18.2 Å². The van der Waals surface area contributed by atoms with E-state index in [9.17, 15) is 18.4 Å². The molecule has 2 rings (SSSR count). The lowest BCUT2D eigenvalue weighted by atomic mass is 10.1. The highest BCUT2D eigenvalue weighted by atomic mass is 19.2. The standard InChI is InChI=1S/C16H15F2NO4/c1-10-12(5-7-23-10)16(22)19(6-4-15(20)21)9-11-2-3-13(17)14(18)8-11/h2-3,5,7-8H,4,6,9H2,1H3,(H,20,21). The van der Waals surface area contributed by atoms with Crippen LogP contribution in [0.25, 0.3) is 0 Å². The lowest BCUT2D eigenvalue weighted by molar-refractivity contribution is -0.137. The van der Waals surface area contributed by atoms with E-state index in [-0.39, 0.29) is 19.5 Å². The molecule has 23 heavy (non-hydrogen) atoms. The number of carboxylic acids is 1. The summed E-state index contributed by atoms with van der Waals surface area (Å²) < 4.78 is 31.3. The molecule has 0 aliphatic rings. The van der Waals surface area contributed by atoms with Crippen molar-refractivity contribution in [2.75, 3.05) is 6.54 Å². The van der Waals surface area contributed by atoms with Crippen molar-refractivity contribution < 1.29 is 27.9 Å². The van der Waals surface area contributed by atoms with E-state index >= 15 is 0 Å². The van der Waals surface area contributed by atoms with Crippen molar-refractivity contribution in [2.24, 2.45) is 0 Å². The smallest absolute Gasteiger partial charge is 0.305 e. The van der Waals surface area contributed by atoms with Gasteiger partial charge in [-0.1, -0.05) is 6.07 Å². The highest BCUT2D eigenvalue weighted by molar-refractivity contribution is 5.95. The van der Waals surface area contributed by atoms with E-state index in [2.05, 4.69) is 0 Å². The van der Waals surface area contributed by atoms with Gasteiger partial charge in [-0.3, -0.25) is 9.59 Å². The molecule has 0 atom stereocenters. The molecule has 0 fully saturated rings. The summed E-state index contributed by atoms with van der Waals surface area (Å²) in [6.45, 7) is 1.52. The van der Waals surface area contributed by atoms with Gasteiger partial charge >= 0.3 is 5.97 Å². The monoisotopic (exact) mass is 323 g/mol. The number of carbonyl (C=O) groups is 2. The second kappa shape index (κ2) is 7.04. The van der Waals surface area contributed by atoms with Crippen LogP contribution in [0, 0.1) is 18.6 Å². The number of aliphatic carboxylic acids is 1. The first-order chi connectivity index (χ1) is 10.9. The van der Waals surface area contributed by atoms with Crippen molar-refractivity contribution in [3.05, 3.63) is 59.1 Å². The summed E-state index contributed by atoms with van der Waals surface area (Å²) in [4.78, 5) is 24.5. The quantitative estimate of drug-likeness (QED) is 0.887. The molecule has 1 amide bonds. The molecule has 0 saturated carbocycles. The Labute approximate surface area is 131 Å². The molecule has 1 heterocycles. The Bertz CT molecular complexity index is 727. The molecule has 0 aliphatic carbocycles. The molecule has 0 radical (unpaired) electrons. The summed E-state index contributed by atoms with van der Waals surface area (Å²) in [7, 11) is 0. The van der Waals surface area contributed by atoms with Crippen LogP contribution in [0.1, 0.15) is 28.1 Å². The van der Waals surface area contributed by atoms with Gasteiger partial charge in [-0.25, -0.2) is 8.78 Å². The van der Waals surface area contributed by atoms with E-state index in [0.29, 0.717) is 16.9 Å². The fourth-order valence-corrected chi connectivity index (χ4v) is 2.12. The zero-order valence-electron chi connectivity index (χ0n) is 12.4. The Hall–Kier alpha value is -2.70. The molecule has 1 N–H and O–H groups in total. The maximum absolute atomic E-state index is 13.3. The second-order valence-corrected chi connectivity index (χ2v) is 5.01. The number of carbonyl (C=O) groups excluding carboxylic acids is 1. The van der Waals surface area contributed by atoms with E-state index in [1.807, 2.05) is 0 Å². The molecule has 5 nitrogen and oxygen atoms in total. The van der Waals surface area contributed by atoms with Crippen molar-refractivity contribution in [3.63, 3.8) is 0 Å². The third kappa shape index (κ3) is 4.15. The number of aryl methyl sites for hydroxylation is 1. The SMILES string of the molecule is Cc1occc1C(=O)N(CCC(=O)O)Cc1ccc(F)c(F)c1. The van der Waals surface area contributed by atoms with Crippen LogP contribution in [0.3, 0.4) is 0 Å². The van der Waals surface area contributed by atoms with Crippen LogP contribution < -0.4 is 0 Å². The molecule has 0 spiro atoms. The third-order valence-electron chi connectivity index (χ3n) is 3.33. The molecule has 122 valence electrons. The summed E-state index contributed by atoms with van der Waals surface area (Å²) >= 11 is 0. The van der Waals surface area contributed by atoms with Crippen molar-refractivity contribution >= 4 is 11.9 Å². The van der Waals surface area contributed by atoms with Gasteiger partial charge in [0.1, 0.15) is 5.76 Å². The molecule has 0 unspecified atom stereocenters. The first-order valence-corrected chi connectivity index (χ1v) is 6.87. The minimum Gasteiger partial charge on any atom is -0.481 e. The van der Waals surface area contributed by atoms with E-state index in [0.717, 1.165) is 12.1 Å². The van der Waals surface area contributed by atoms with Gasteiger partial charge in [0.2, 0.25) is 0 Å². The number of rotatable bonds is 6. The van der Waals surface area contributed by atoms with E-state index in [1.165, 1.54) is 23.3 Å². The van der Waals surface area contributed by atoms with Gasteiger partial charge in [0.15, 0.2) is 11.6 Å². The normalized spacial score (nSPS) is 10.6. The maximum atomic E-state index is 13.3. The van der Waals surface area contributed by atoms with Gasteiger partial charge in [0.25, 0.3) is 5.91 Å². The topological polar surface area (TPSA) is 70.8 Å². The van der Waals surface area contributed by atoms with Gasteiger partial charge in [0, 0.05) is 13.1 Å². The minimum absolute atomic E-state index is 0.0338. The van der Waals surface area contributed by atoms with Crippen LogP contribution in [0.2, 0.25) is 0 Å². The van der Waals surface area contributed by atoms with Crippen molar-refractivity contribution in [2.45, 2.75) is 19.9 Å². The number of carboxylic acid groups (broad SMARTS) is 1. The summed E-state index contributed by atoms with van der Waals surface area (Å²) in [5.74, 6) is -3.09. The first kappa shape index (κ1) is 16.7. The molecule has 0 aliphatic heterocycles. The molecule has 1 aromatic carbocycles. The van der Waals surface area contributed by atoms with E-state index in [1.54, 1.807) is 6.92 Å². The molecule has 0 bridgehead atoms. The van der Waals surface area contributed by atoms with Crippen molar-refractivity contribution in [1.82, 2.24) is 4.90 Å². The summed E-state index contributed by atoms with van der Waals surface area (Å²) in [5.41, 5.74) is 0.668. The Morgan fingerprint density at radius 2 is 1.96 bits per heavy atom. The van der Waals surface area contributed by atoms with Crippen LogP contribution in [0.4, 0.5) is 8.78 Å². The number of halogens is 2. The molecule has 1 aromatic heterocycles. The molecule has 0 saturated heterocycles. The minimum atomic E-state index is -1.06. The van der Waals surface area contributed by atoms with Crippen LogP contribution in [-0.4, -0.2) is 28.4 Å². The van der Waals surface area contributed by atoms with E-state index in [4.69, 9.17) is 9.52 Å². The fourth-order valence-electron chi connectivity index (χ4n) is 2.12. The Kier molecular flexibility index (Phi) is 5.10. The van der Waals surface area contributed by atoms with Crippen LogP contribution in [-0.2, 0) is 11.3 Å². The number of hydrogen-bond donors (Lipinski definition) is 1. The maximum Gasteiger partial charge on any atom is 0.305 e. The number of hydrogen-bond acceptors (Lipinski definition) is 3. The van der Waals surface area contributed by atoms with E-state index < -0.39 is 23.5 Å². The third-order valence-corrected chi connectivity index (χ3v) is 3.33. The van der Waals surface area contributed by atoms with Crippen molar-refractivity contribution in [3.8, 4) is 0 Å². The average Bonchev–Trinajstić information content (AvgIpc) is 2.92. The molecular formula is C16H15F2NO4. The number of amides is 1. The predicted octanol–water partition coefficient (Wildman–Crippen LogP) is 2.98. The largest absolute Gasteiger partial charge is 0.481 e. The van der Waals surface area contributed by atoms with Crippen LogP contribution in [0.15, 0.2) is 34.9 Å². The number of nitrogens with zero attached hydrogens (tertiary/aromatic N) is 1. The first-order valence-electron chi connectivity index (χ1n) is 6.87. The van der Waals surface area contributed by atoms with Crippen LogP contribution in [0.5, 0.6) is 0 Å². The zero-order chi connectivity index (χ0) is 17.0. The summed E-state index contributed by atoms with van der Waals surface area (Å²) in [5, 5.41) is 8.81. The Morgan fingerprint density at radius 3 is 2.52 bits per heavy atom. The van der Waals surface area contributed by atoms with Gasteiger partial charge in [-0.15, -0.1) is 0 Å². The van der Waals surface area contributed by atoms with Gasteiger partial charge in [-0.05, 0) is 30.7 Å². The lowest BCUT2D eigenvalue weighted by Crippen LogP contribution is -2.32. The van der Waals surface area contributed by atoms with Gasteiger partial charge in [-0.2, -0.15) is 0 Å². The highest BCUT2D eigenvalue weighted by Crippen LogP contribution is 2.16. The lowest BCUT2D eigenvalue weighted by Gasteiger charge is -2.22. The Morgan fingerprint density at radius 1 is 1.22 bits per heavy atom. The molecule has 7 heteroatoms.